The van der Waals surface area contributed by atoms with Gasteiger partial charge in [-0.25, -0.2) is 8.42 Å². The summed E-state index contributed by atoms with van der Waals surface area (Å²) >= 11 is 0. The van der Waals surface area contributed by atoms with Crippen LogP contribution >= 0.6 is 12.4 Å². The van der Waals surface area contributed by atoms with Gasteiger partial charge in [-0.1, -0.05) is 12.8 Å². The van der Waals surface area contributed by atoms with Crippen LogP contribution in [0.2, 0.25) is 0 Å². The molecule has 1 atom stereocenters. The number of hydrogen-bond donors (Lipinski definition) is 2. The lowest BCUT2D eigenvalue weighted by atomic mass is 10.2. The third-order valence-corrected chi connectivity index (χ3v) is 7.20. The number of rotatable bonds is 6. The highest BCUT2D eigenvalue weighted by molar-refractivity contribution is 7.89. The lowest BCUT2D eigenvalue weighted by Crippen LogP contribution is -2.37. The normalized spacial score (nSPS) is 20.8. The van der Waals surface area contributed by atoms with E-state index >= 15 is 0 Å². The number of benzene rings is 1. The van der Waals surface area contributed by atoms with Crippen LogP contribution in [0.5, 0.6) is 5.75 Å². The Labute approximate surface area is 173 Å². The quantitative estimate of drug-likeness (QED) is 0.720. The van der Waals surface area contributed by atoms with Crippen molar-refractivity contribution in [2.75, 3.05) is 33.3 Å². The summed E-state index contributed by atoms with van der Waals surface area (Å²) < 4.78 is 33.1. The lowest BCUT2D eigenvalue weighted by molar-refractivity contribution is 0.0950. The monoisotopic (exact) mass is 431 g/mol. The van der Waals surface area contributed by atoms with Crippen molar-refractivity contribution >= 4 is 28.3 Å². The lowest BCUT2D eigenvalue weighted by Gasteiger charge is -2.21. The molecule has 28 heavy (non-hydrogen) atoms. The Balaban J connectivity index is 0.00000280. The van der Waals surface area contributed by atoms with Gasteiger partial charge >= 0.3 is 0 Å². The Kier molecular flexibility index (Phi) is 8.55. The number of methoxy groups -OCH3 is 1. The van der Waals surface area contributed by atoms with E-state index in [1.807, 2.05) is 0 Å². The molecule has 7 nitrogen and oxygen atoms in total. The van der Waals surface area contributed by atoms with Gasteiger partial charge in [0.25, 0.3) is 5.91 Å². The first-order valence-electron chi connectivity index (χ1n) is 9.72. The van der Waals surface area contributed by atoms with Crippen LogP contribution in [0.25, 0.3) is 0 Å². The summed E-state index contributed by atoms with van der Waals surface area (Å²) in [5.41, 5.74) is 0.335. The smallest absolute Gasteiger partial charge is 0.251 e. The second-order valence-electron chi connectivity index (χ2n) is 7.19. The number of halogens is 1. The van der Waals surface area contributed by atoms with Gasteiger partial charge in [-0.05, 0) is 50.4 Å². The molecule has 1 amide bonds. The van der Waals surface area contributed by atoms with E-state index in [1.165, 1.54) is 17.5 Å². The van der Waals surface area contributed by atoms with E-state index in [-0.39, 0.29) is 35.0 Å². The third-order valence-electron chi connectivity index (χ3n) is 5.28. The molecule has 2 aliphatic rings. The van der Waals surface area contributed by atoms with Crippen molar-refractivity contribution in [2.45, 2.75) is 49.5 Å². The molecule has 0 bridgehead atoms. The Morgan fingerprint density at radius 2 is 1.93 bits per heavy atom. The van der Waals surface area contributed by atoms with Crippen LogP contribution in [-0.4, -0.2) is 58.0 Å². The largest absolute Gasteiger partial charge is 0.495 e. The fraction of sp³-hybridized carbons (Fsp3) is 0.632. The fourth-order valence-corrected chi connectivity index (χ4v) is 5.39. The first-order valence-corrected chi connectivity index (χ1v) is 11.2. The maximum absolute atomic E-state index is 13.2. The van der Waals surface area contributed by atoms with Crippen molar-refractivity contribution in [3.63, 3.8) is 0 Å². The Morgan fingerprint density at radius 3 is 2.54 bits per heavy atom. The van der Waals surface area contributed by atoms with Crippen LogP contribution in [-0.2, 0) is 10.0 Å². The Hall–Kier alpha value is -1.35. The summed E-state index contributed by atoms with van der Waals surface area (Å²) in [5.74, 6) is 0.00641. The van der Waals surface area contributed by atoms with E-state index < -0.39 is 10.0 Å². The molecule has 2 saturated heterocycles. The molecule has 1 aromatic rings. The van der Waals surface area contributed by atoms with Crippen LogP contribution in [0.1, 0.15) is 48.9 Å². The fourth-order valence-electron chi connectivity index (χ4n) is 3.69. The highest BCUT2D eigenvalue weighted by atomic mass is 35.5. The highest BCUT2D eigenvalue weighted by Crippen LogP contribution is 2.29. The number of amides is 1. The van der Waals surface area contributed by atoms with Gasteiger partial charge in [-0.2, -0.15) is 4.31 Å². The number of carbonyl (C=O) groups excluding carboxylic acids is 1. The summed E-state index contributed by atoms with van der Waals surface area (Å²) in [6, 6.07) is 4.90. The summed E-state index contributed by atoms with van der Waals surface area (Å²) in [6.07, 6.45) is 5.95. The zero-order valence-corrected chi connectivity index (χ0v) is 17.9. The molecule has 2 fully saturated rings. The van der Waals surface area contributed by atoms with Gasteiger partial charge in [0.2, 0.25) is 10.0 Å². The number of carbonyl (C=O) groups is 1. The maximum atomic E-state index is 13.2. The molecule has 9 heteroatoms. The molecule has 0 aliphatic carbocycles. The highest BCUT2D eigenvalue weighted by Gasteiger charge is 2.29. The van der Waals surface area contributed by atoms with Gasteiger partial charge in [0.05, 0.1) is 7.11 Å². The molecule has 1 unspecified atom stereocenters. The van der Waals surface area contributed by atoms with Crippen LogP contribution in [0.3, 0.4) is 0 Å². The van der Waals surface area contributed by atoms with E-state index in [4.69, 9.17) is 4.74 Å². The van der Waals surface area contributed by atoms with Crippen molar-refractivity contribution in [3.05, 3.63) is 23.8 Å². The minimum atomic E-state index is -3.70. The molecule has 158 valence electrons. The number of nitrogens with one attached hydrogen (secondary N) is 2. The van der Waals surface area contributed by atoms with Crippen molar-refractivity contribution in [1.82, 2.24) is 14.9 Å². The van der Waals surface area contributed by atoms with Crippen LogP contribution < -0.4 is 15.4 Å². The van der Waals surface area contributed by atoms with E-state index in [1.54, 1.807) is 12.1 Å². The SMILES string of the molecule is COc1ccc(C(=O)NCC2CCCN2)cc1S(=O)(=O)N1CCCCCC1.Cl. The molecule has 0 aromatic heterocycles. The molecular formula is C19H30ClN3O4S. The van der Waals surface area contributed by atoms with Gasteiger partial charge in [-0.15, -0.1) is 12.4 Å². The Morgan fingerprint density at radius 1 is 1.21 bits per heavy atom. The summed E-state index contributed by atoms with van der Waals surface area (Å²) in [5, 5.41) is 6.22. The molecule has 0 spiro atoms. The molecule has 2 heterocycles. The molecule has 0 radical (unpaired) electrons. The summed E-state index contributed by atoms with van der Waals surface area (Å²) in [7, 11) is -2.25. The predicted octanol–water partition coefficient (Wildman–Crippen LogP) is 2.16. The summed E-state index contributed by atoms with van der Waals surface area (Å²) in [6.45, 7) is 2.53. The van der Waals surface area contributed by atoms with Gasteiger partial charge in [0.1, 0.15) is 10.6 Å². The van der Waals surface area contributed by atoms with Crippen molar-refractivity contribution in [1.29, 1.82) is 0 Å². The van der Waals surface area contributed by atoms with Crippen molar-refractivity contribution in [2.24, 2.45) is 0 Å². The average molecular weight is 432 g/mol. The van der Waals surface area contributed by atoms with Gasteiger partial charge in [0.15, 0.2) is 0 Å². The molecular weight excluding hydrogens is 402 g/mol. The van der Waals surface area contributed by atoms with E-state index in [2.05, 4.69) is 10.6 Å². The second kappa shape index (κ2) is 10.4. The molecule has 3 rings (SSSR count). The second-order valence-corrected chi connectivity index (χ2v) is 9.09. The predicted molar refractivity (Wildman–Crippen MR) is 111 cm³/mol. The van der Waals surface area contributed by atoms with Gasteiger partial charge < -0.3 is 15.4 Å². The molecule has 2 N–H and O–H groups in total. The number of nitrogens with zero attached hydrogens (tertiary/aromatic N) is 1. The minimum absolute atomic E-state index is 0. The standard InChI is InChI=1S/C19H29N3O4S.ClH/c1-26-17-9-8-15(19(23)21-14-16-7-6-10-20-16)13-18(17)27(24,25)22-11-4-2-3-5-12-22;/h8-9,13,16,20H,2-7,10-12,14H2,1H3,(H,21,23);1H. The maximum Gasteiger partial charge on any atom is 0.251 e. The number of sulfonamides is 1. The Bertz CT molecular complexity index is 758. The molecule has 2 aliphatic heterocycles. The third kappa shape index (κ3) is 5.37. The molecule has 1 aromatic carbocycles. The first kappa shape index (κ1) is 22.9. The number of ether oxygens (including phenoxy) is 1. The van der Waals surface area contributed by atoms with Crippen molar-refractivity contribution in [3.8, 4) is 5.75 Å². The van der Waals surface area contributed by atoms with E-state index in [9.17, 15) is 13.2 Å². The minimum Gasteiger partial charge on any atom is -0.495 e. The topological polar surface area (TPSA) is 87.7 Å². The number of hydrogen-bond acceptors (Lipinski definition) is 5. The van der Waals surface area contributed by atoms with E-state index in [0.29, 0.717) is 25.2 Å². The van der Waals surface area contributed by atoms with Gasteiger partial charge in [0, 0.05) is 31.2 Å². The molecule has 0 saturated carbocycles. The van der Waals surface area contributed by atoms with Gasteiger partial charge in [-0.3, -0.25) is 4.79 Å². The first-order chi connectivity index (χ1) is 13.0. The van der Waals surface area contributed by atoms with Crippen LogP contribution in [0.4, 0.5) is 0 Å². The average Bonchev–Trinajstić information content (AvgIpc) is 3.04. The zero-order chi connectivity index (χ0) is 19.3. The van der Waals surface area contributed by atoms with Crippen LogP contribution in [0, 0.1) is 0 Å². The van der Waals surface area contributed by atoms with Crippen LogP contribution in [0.15, 0.2) is 23.1 Å². The zero-order valence-electron chi connectivity index (χ0n) is 16.3. The van der Waals surface area contributed by atoms with E-state index in [0.717, 1.165) is 45.1 Å². The summed E-state index contributed by atoms with van der Waals surface area (Å²) in [4.78, 5) is 12.6. The van der Waals surface area contributed by atoms with Crippen molar-refractivity contribution < 1.29 is 17.9 Å².